The lowest BCUT2D eigenvalue weighted by atomic mass is 10.2. The number of amides is 1. The van der Waals surface area contributed by atoms with E-state index in [2.05, 4.69) is 27.5 Å². The lowest BCUT2D eigenvalue weighted by Gasteiger charge is -2.07. The number of rotatable bonds is 7. The highest BCUT2D eigenvalue weighted by Crippen LogP contribution is 2.06. The Labute approximate surface area is 124 Å². The molecule has 5 nitrogen and oxygen atoms in total. The Balaban J connectivity index is 1.85. The molecular weight excluding hydrogens is 264 g/mol. The molecule has 2 aromatic rings. The minimum atomic E-state index is -0.0766. The van der Waals surface area contributed by atoms with E-state index in [9.17, 15) is 4.79 Å². The highest BCUT2D eigenvalue weighted by atomic mass is 16.1. The maximum atomic E-state index is 11.8. The Bertz CT molecular complexity index is 554. The third-order valence-corrected chi connectivity index (χ3v) is 3.02. The first-order valence-corrected chi connectivity index (χ1v) is 7.17. The van der Waals surface area contributed by atoms with Gasteiger partial charge in [-0.15, -0.1) is 0 Å². The maximum absolute atomic E-state index is 11.8. The molecule has 0 aliphatic rings. The Hall–Kier alpha value is -2.43. The first-order valence-electron chi connectivity index (χ1n) is 7.17. The molecular formula is C16H20N4O. The molecule has 0 spiro atoms. The topological polar surface area (TPSA) is 66.9 Å². The number of nitrogens with zero attached hydrogens (tertiary/aromatic N) is 2. The van der Waals surface area contributed by atoms with Crippen LogP contribution in [0, 0.1) is 0 Å². The predicted octanol–water partition coefficient (Wildman–Crippen LogP) is 2.62. The largest absolute Gasteiger partial charge is 0.364 e. The van der Waals surface area contributed by atoms with Crippen molar-refractivity contribution in [2.75, 3.05) is 11.9 Å². The second-order valence-electron chi connectivity index (χ2n) is 4.72. The van der Waals surface area contributed by atoms with Crippen molar-refractivity contribution in [2.24, 2.45) is 0 Å². The van der Waals surface area contributed by atoms with Crippen molar-refractivity contribution in [3.8, 4) is 0 Å². The molecule has 2 rings (SSSR count). The fourth-order valence-electron chi connectivity index (χ4n) is 1.80. The lowest BCUT2D eigenvalue weighted by Crippen LogP contribution is -2.24. The van der Waals surface area contributed by atoms with Crippen LogP contribution in [0.2, 0.25) is 0 Å². The molecule has 0 saturated carbocycles. The number of carbonyl (C=O) groups excluding carboxylic acids is 1. The molecule has 1 amide bonds. The van der Waals surface area contributed by atoms with E-state index < -0.39 is 0 Å². The van der Waals surface area contributed by atoms with Gasteiger partial charge in [0.2, 0.25) is 0 Å². The van der Waals surface area contributed by atoms with Crippen molar-refractivity contribution >= 4 is 11.7 Å². The minimum absolute atomic E-state index is 0.0766. The van der Waals surface area contributed by atoms with Crippen molar-refractivity contribution in [3.05, 3.63) is 54.0 Å². The Kier molecular flexibility index (Phi) is 5.70. The van der Waals surface area contributed by atoms with Gasteiger partial charge in [0.25, 0.3) is 5.91 Å². The van der Waals surface area contributed by atoms with Crippen LogP contribution in [0.1, 0.15) is 35.8 Å². The van der Waals surface area contributed by atoms with Gasteiger partial charge in [0.05, 0.1) is 17.8 Å². The van der Waals surface area contributed by atoms with Crippen LogP contribution in [0.5, 0.6) is 0 Å². The summed E-state index contributed by atoms with van der Waals surface area (Å²) in [5.41, 5.74) is 1.52. The first-order chi connectivity index (χ1) is 10.3. The Morgan fingerprint density at radius 1 is 1.19 bits per heavy atom. The maximum Gasteiger partial charge on any atom is 0.252 e. The van der Waals surface area contributed by atoms with Crippen LogP contribution in [-0.4, -0.2) is 22.4 Å². The van der Waals surface area contributed by atoms with Crippen molar-refractivity contribution in [1.29, 1.82) is 0 Å². The zero-order valence-electron chi connectivity index (χ0n) is 12.2. The molecule has 0 unspecified atom stereocenters. The quantitative estimate of drug-likeness (QED) is 0.767. The van der Waals surface area contributed by atoms with E-state index in [1.54, 1.807) is 24.5 Å². The summed E-state index contributed by atoms with van der Waals surface area (Å²) in [6.07, 6.45) is 5.40. The van der Waals surface area contributed by atoms with Gasteiger partial charge >= 0.3 is 0 Å². The molecule has 2 N–H and O–H groups in total. The normalized spacial score (nSPS) is 10.1. The molecule has 110 valence electrons. The highest BCUT2D eigenvalue weighted by Gasteiger charge is 2.05. The van der Waals surface area contributed by atoms with Crippen LogP contribution in [0.4, 0.5) is 5.82 Å². The van der Waals surface area contributed by atoms with Crippen LogP contribution in [0.3, 0.4) is 0 Å². The van der Waals surface area contributed by atoms with Gasteiger partial charge in [-0.05, 0) is 30.7 Å². The summed E-state index contributed by atoms with van der Waals surface area (Å²) < 4.78 is 0. The number of unbranched alkanes of at least 4 members (excludes halogenated alkanes) is 1. The Morgan fingerprint density at radius 3 is 2.76 bits per heavy atom. The summed E-state index contributed by atoms with van der Waals surface area (Å²) in [7, 11) is 0. The number of hydrogen-bond donors (Lipinski definition) is 2. The monoisotopic (exact) mass is 284 g/mol. The molecule has 0 bridgehead atoms. The van der Waals surface area contributed by atoms with Gasteiger partial charge in [0, 0.05) is 18.9 Å². The average molecular weight is 284 g/mol. The molecule has 0 aliphatic carbocycles. The van der Waals surface area contributed by atoms with E-state index in [1.807, 2.05) is 18.2 Å². The van der Waals surface area contributed by atoms with Gasteiger partial charge in [-0.2, -0.15) is 0 Å². The zero-order valence-corrected chi connectivity index (χ0v) is 12.2. The fraction of sp³-hybridized carbons (Fsp3) is 0.312. The van der Waals surface area contributed by atoms with E-state index in [0.717, 1.165) is 24.4 Å². The second kappa shape index (κ2) is 7.99. The van der Waals surface area contributed by atoms with Crippen LogP contribution in [0.15, 0.2) is 42.7 Å². The SMILES string of the molecule is CCCCNC(=O)c1ccc(NCc2ccccn2)nc1. The van der Waals surface area contributed by atoms with Gasteiger partial charge in [-0.1, -0.05) is 19.4 Å². The van der Waals surface area contributed by atoms with E-state index in [0.29, 0.717) is 18.7 Å². The first kappa shape index (κ1) is 15.0. The standard InChI is InChI=1S/C16H20N4O/c1-2-3-9-18-16(21)13-7-8-15(19-11-13)20-12-14-6-4-5-10-17-14/h4-8,10-11H,2-3,9,12H2,1H3,(H,18,21)(H,19,20). The summed E-state index contributed by atoms with van der Waals surface area (Å²) in [6, 6.07) is 9.35. The molecule has 0 radical (unpaired) electrons. The van der Waals surface area contributed by atoms with Gasteiger partial charge in [-0.3, -0.25) is 9.78 Å². The third-order valence-electron chi connectivity index (χ3n) is 3.02. The minimum Gasteiger partial charge on any atom is -0.364 e. The molecule has 5 heteroatoms. The van der Waals surface area contributed by atoms with Crippen LogP contribution < -0.4 is 10.6 Å². The molecule has 21 heavy (non-hydrogen) atoms. The summed E-state index contributed by atoms with van der Waals surface area (Å²) in [4.78, 5) is 20.3. The number of hydrogen-bond acceptors (Lipinski definition) is 4. The van der Waals surface area contributed by atoms with Gasteiger partial charge in [0.1, 0.15) is 5.82 Å². The van der Waals surface area contributed by atoms with Crippen molar-refractivity contribution < 1.29 is 4.79 Å². The van der Waals surface area contributed by atoms with E-state index >= 15 is 0 Å². The van der Waals surface area contributed by atoms with Crippen molar-refractivity contribution in [3.63, 3.8) is 0 Å². The number of aromatic nitrogens is 2. The van der Waals surface area contributed by atoms with E-state index in [1.165, 1.54) is 0 Å². The Morgan fingerprint density at radius 2 is 2.10 bits per heavy atom. The second-order valence-corrected chi connectivity index (χ2v) is 4.72. The molecule has 0 fully saturated rings. The predicted molar refractivity (Wildman–Crippen MR) is 83.0 cm³/mol. The summed E-state index contributed by atoms with van der Waals surface area (Å²) in [6.45, 7) is 3.40. The molecule has 2 heterocycles. The zero-order chi connectivity index (χ0) is 14.9. The number of nitrogens with one attached hydrogen (secondary N) is 2. The van der Waals surface area contributed by atoms with Gasteiger partial charge in [0.15, 0.2) is 0 Å². The average Bonchev–Trinajstić information content (AvgIpc) is 2.54. The smallest absolute Gasteiger partial charge is 0.252 e. The summed E-state index contributed by atoms with van der Waals surface area (Å²) in [5, 5.41) is 6.04. The molecule has 0 atom stereocenters. The number of carbonyl (C=O) groups is 1. The molecule has 0 aromatic carbocycles. The van der Waals surface area contributed by atoms with E-state index in [-0.39, 0.29) is 5.91 Å². The van der Waals surface area contributed by atoms with Gasteiger partial charge < -0.3 is 10.6 Å². The fourth-order valence-corrected chi connectivity index (χ4v) is 1.80. The number of pyridine rings is 2. The van der Waals surface area contributed by atoms with Crippen LogP contribution in [0.25, 0.3) is 0 Å². The van der Waals surface area contributed by atoms with E-state index in [4.69, 9.17) is 0 Å². The molecule has 2 aromatic heterocycles. The van der Waals surface area contributed by atoms with Crippen molar-refractivity contribution in [2.45, 2.75) is 26.3 Å². The highest BCUT2D eigenvalue weighted by molar-refractivity contribution is 5.93. The van der Waals surface area contributed by atoms with Crippen LogP contribution >= 0.6 is 0 Å². The van der Waals surface area contributed by atoms with Crippen molar-refractivity contribution in [1.82, 2.24) is 15.3 Å². The summed E-state index contributed by atoms with van der Waals surface area (Å²) in [5.74, 6) is 0.651. The number of anilines is 1. The molecule has 0 saturated heterocycles. The summed E-state index contributed by atoms with van der Waals surface area (Å²) >= 11 is 0. The lowest BCUT2D eigenvalue weighted by molar-refractivity contribution is 0.0953. The van der Waals surface area contributed by atoms with Crippen LogP contribution in [-0.2, 0) is 6.54 Å². The van der Waals surface area contributed by atoms with Gasteiger partial charge in [-0.25, -0.2) is 4.98 Å². The third kappa shape index (κ3) is 4.87. The molecule has 0 aliphatic heterocycles.